The molecule has 5 heteroatoms. The van der Waals surface area contributed by atoms with Crippen molar-refractivity contribution in [1.29, 1.82) is 0 Å². The number of hydrogen-bond acceptors (Lipinski definition) is 1. The summed E-state index contributed by atoms with van der Waals surface area (Å²) in [6.07, 6.45) is -1.83. The summed E-state index contributed by atoms with van der Waals surface area (Å²) in [6, 6.07) is 0. The molecule has 0 bridgehead atoms. The van der Waals surface area contributed by atoms with E-state index in [0.717, 1.165) is 0 Å². The van der Waals surface area contributed by atoms with Gasteiger partial charge in [0.05, 0.1) is 0 Å². The third-order valence-electron chi connectivity index (χ3n) is 0. The fraction of sp³-hybridized carbons (Fsp3) is 0.500. The number of carbonyl (C=O) groups is 1. The van der Waals surface area contributed by atoms with Gasteiger partial charge in [0.25, 0.3) is 0 Å². The summed E-state index contributed by atoms with van der Waals surface area (Å²) in [4.78, 5) is 10.5. The Hall–Kier alpha value is 2.05. The van der Waals surface area contributed by atoms with Crippen LogP contribution in [0.1, 0.15) is 0 Å². The van der Waals surface area contributed by atoms with E-state index >= 15 is 0 Å². The predicted octanol–water partition coefficient (Wildman–Crippen LogP) is 0.625. The van der Waals surface area contributed by atoms with Gasteiger partial charge in [-0.3, -0.25) is 0 Å². The molecule has 0 aromatic heterocycles. The minimum atomic E-state index is -1.83. The molecule has 0 aromatic rings. The molecular formula is C2H6CsIO3. The molecule has 0 radical (unpaired) electrons. The van der Waals surface area contributed by atoms with Crippen LogP contribution in [0.2, 0.25) is 0 Å². The molecule has 0 aliphatic rings. The zero-order valence-electron chi connectivity index (χ0n) is 3.18. The van der Waals surface area contributed by atoms with Crippen molar-refractivity contribution in [1.82, 2.24) is 0 Å². The number of rotatable bonds is 0. The van der Waals surface area contributed by atoms with Crippen molar-refractivity contribution in [3.63, 3.8) is 0 Å². The number of alkyl halides is 1. The fourth-order valence-corrected chi connectivity index (χ4v) is 0. The van der Waals surface area contributed by atoms with Gasteiger partial charge in [-0.15, -0.1) is 0 Å². The van der Waals surface area contributed by atoms with Crippen LogP contribution >= 0.6 is 22.6 Å². The van der Waals surface area contributed by atoms with E-state index in [9.17, 15) is 0 Å². The molecule has 3 nitrogen and oxygen atoms in total. The molecule has 0 heterocycles. The summed E-state index contributed by atoms with van der Waals surface area (Å²) in [6.45, 7) is 0. The van der Waals surface area contributed by atoms with Crippen LogP contribution in [0.3, 0.4) is 0 Å². The zero-order valence-corrected chi connectivity index (χ0v) is 5.34. The molecule has 0 fully saturated rings. The molecule has 40 valence electrons. The van der Waals surface area contributed by atoms with Crippen LogP contribution < -0.4 is 0 Å². The first-order chi connectivity index (χ1) is 2.73. The summed E-state index contributed by atoms with van der Waals surface area (Å²) in [5.41, 5.74) is 0. The molecule has 0 aromatic carbocycles. The number of carboxylic acid groups (broad SMARTS) is 2. The van der Waals surface area contributed by atoms with Gasteiger partial charge in [-0.2, -0.15) is 0 Å². The minimum absolute atomic E-state index is 0. The standard InChI is InChI=1S/CH3I.CH2O3.Cs.H/c1-2;2-1(3)4;;/h1H3;(H2,2,3,4);;. The molecule has 0 unspecified atom stereocenters. The van der Waals surface area contributed by atoms with Gasteiger partial charge in [0, 0.05) is 0 Å². The maximum absolute atomic E-state index is 8.56. The molecule has 7 heavy (non-hydrogen) atoms. The van der Waals surface area contributed by atoms with E-state index in [4.69, 9.17) is 15.0 Å². The Morgan fingerprint density at radius 3 is 1.43 bits per heavy atom. The van der Waals surface area contributed by atoms with Crippen LogP contribution in [-0.4, -0.2) is 90.2 Å². The van der Waals surface area contributed by atoms with E-state index in [2.05, 4.69) is 22.6 Å². The van der Waals surface area contributed by atoms with E-state index in [1.54, 1.807) is 0 Å². The second kappa shape index (κ2) is 15.7. The van der Waals surface area contributed by atoms with Crippen molar-refractivity contribution >= 4 is 97.6 Å². The topological polar surface area (TPSA) is 57.5 Å². The first-order valence-corrected chi connectivity index (χ1v) is 3.19. The molecule has 0 spiro atoms. The van der Waals surface area contributed by atoms with Gasteiger partial charge in [-0.05, 0) is 4.93 Å². The van der Waals surface area contributed by atoms with E-state index < -0.39 is 6.16 Å². The van der Waals surface area contributed by atoms with Crippen LogP contribution in [-0.2, 0) is 0 Å². The Bertz CT molecular complexity index is 35.9. The third-order valence-corrected chi connectivity index (χ3v) is 0. The van der Waals surface area contributed by atoms with Crippen molar-refractivity contribution < 1.29 is 15.0 Å². The Kier molecular flexibility index (Phi) is 35.9. The Morgan fingerprint density at radius 1 is 1.43 bits per heavy atom. The molecule has 0 aliphatic heterocycles. The molecule has 2 N–H and O–H groups in total. The van der Waals surface area contributed by atoms with E-state index in [1.165, 1.54) is 0 Å². The molecule has 0 saturated heterocycles. The maximum atomic E-state index is 8.56. The average molecular weight is 338 g/mol. The van der Waals surface area contributed by atoms with E-state index in [1.807, 2.05) is 4.93 Å². The fourth-order valence-electron chi connectivity index (χ4n) is 0. The van der Waals surface area contributed by atoms with Crippen molar-refractivity contribution in [2.75, 3.05) is 4.93 Å². The molecule has 0 amide bonds. The Morgan fingerprint density at radius 2 is 1.43 bits per heavy atom. The second-order valence-corrected chi connectivity index (χ2v) is 0.283. The average Bonchev–Trinajstić information content (AvgIpc) is 1.41. The molecule has 0 atom stereocenters. The predicted molar refractivity (Wildman–Crippen MR) is 37.7 cm³/mol. The monoisotopic (exact) mass is 338 g/mol. The van der Waals surface area contributed by atoms with E-state index in [-0.39, 0.29) is 68.9 Å². The van der Waals surface area contributed by atoms with Gasteiger partial charge in [-0.25, -0.2) is 4.79 Å². The summed E-state index contributed by atoms with van der Waals surface area (Å²) < 4.78 is 0. The van der Waals surface area contributed by atoms with Crippen LogP contribution in [0, 0.1) is 0 Å². The van der Waals surface area contributed by atoms with Crippen molar-refractivity contribution in [3.05, 3.63) is 0 Å². The quantitative estimate of drug-likeness (QED) is 0.503. The first kappa shape index (κ1) is 16.0. The van der Waals surface area contributed by atoms with Gasteiger partial charge in [0.15, 0.2) is 0 Å². The Labute approximate surface area is 114 Å². The summed E-state index contributed by atoms with van der Waals surface area (Å²) in [5, 5.41) is 13.9. The molecule has 0 aliphatic carbocycles. The summed E-state index contributed by atoms with van der Waals surface area (Å²) in [5.74, 6) is 0. The molecule has 0 saturated carbocycles. The van der Waals surface area contributed by atoms with Gasteiger partial charge >= 0.3 is 75.0 Å². The van der Waals surface area contributed by atoms with Crippen LogP contribution in [0.25, 0.3) is 0 Å². The SMILES string of the molecule is CI.O=C(O)O.[CsH]. The van der Waals surface area contributed by atoms with Crippen LogP contribution in [0.5, 0.6) is 0 Å². The van der Waals surface area contributed by atoms with Gasteiger partial charge in [0.1, 0.15) is 0 Å². The van der Waals surface area contributed by atoms with Gasteiger partial charge in [0.2, 0.25) is 0 Å². The number of halogens is 1. The van der Waals surface area contributed by atoms with E-state index in [0.29, 0.717) is 0 Å². The number of hydrogen-bond donors (Lipinski definition) is 2. The third kappa shape index (κ3) is 70.0. The molecular weight excluding hydrogens is 332 g/mol. The Balaban J connectivity index is -0.0000000480. The van der Waals surface area contributed by atoms with Crippen LogP contribution in [0.15, 0.2) is 0 Å². The molecule has 0 rings (SSSR count). The normalized spacial score (nSPS) is 4.29. The summed E-state index contributed by atoms with van der Waals surface area (Å²) in [7, 11) is 0. The van der Waals surface area contributed by atoms with Gasteiger partial charge < -0.3 is 10.2 Å². The van der Waals surface area contributed by atoms with Crippen molar-refractivity contribution in [2.45, 2.75) is 0 Å². The van der Waals surface area contributed by atoms with Crippen LogP contribution in [0.4, 0.5) is 4.79 Å². The van der Waals surface area contributed by atoms with Gasteiger partial charge in [-0.1, -0.05) is 22.6 Å². The van der Waals surface area contributed by atoms with Crippen molar-refractivity contribution in [3.8, 4) is 0 Å². The second-order valence-electron chi connectivity index (χ2n) is 0.283. The van der Waals surface area contributed by atoms with Crippen molar-refractivity contribution in [2.24, 2.45) is 0 Å². The summed E-state index contributed by atoms with van der Waals surface area (Å²) >= 11 is 2.15. The first-order valence-electron chi connectivity index (χ1n) is 1.03. The zero-order chi connectivity index (χ0) is 5.58.